The second-order valence-corrected chi connectivity index (χ2v) is 7.21. The van der Waals surface area contributed by atoms with Crippen LogP contribution >= 0.6 is 0 Å². The largest absolute Gasteiger partial charge is 0.497 e. The van der Waals surface area contributed by atoms with Crippen molar-refractivity contribution in [2.45, 2.75) is 0 Å². The highest BCUT2D eigenvalue weighted by Crippen LogP contribution is 2.21. The molecule has 8 heteroatoms. The van der Waals surface area contributed by atoms with E-state index in [-0.39, 0.29) is 11.9 Å². The number of ether oxygens (including phenoxy) is 1. The van der Waals surface area contributed by atoms with Crippen LogP contribution in [0.15, 0.2) is 47.1 Å². The maximum atomic E-state index is 12.9. The molecule has 0 N–H and O–H groups in total. The van der Waals surface area contributed by atoms with Crippen LogP contribution < -0.4 is 9.64 Å². The molecule has 0 atom stereocenters. The molecule has 0 unspecified atom stereocenters. The Morgan fingerprint density at radius 1 is 0.828 bits per heavy atom. The molecule has 2 saturated heterocycles. The number of amides is 3. The van der Waals surface area contributed by atoms with E-state index in [1.807, 2.05) is 34.1 Å². The highest BCUT2D eigenvalue weighted by Gasteiger charge is 2.30. The molecule has 0 spiro atoms. The Kier molecular flexibility index (Phi) is 5.59. The number of furan rings is 1. The number of urea groups is 1. The smallest absolute Gasteiger partial charge is 0.320 e. The van der Waals surface area contributed by atoms with Gasteiger partial charge >= 0.3 is 6.03 Å². The minimum absolute atomic E-state index is 0.0597. The third-order valence-electron chi connectivity index (χ3n) is 5.56. The Bertz CT molecular complexity index is 821. The van der Waals surface area contributed by atoms with Crippen molar-refractivity contribution < 1.29 is 18.7 Å². The van der Waals surface area contributed by atoms with Crippen molar-refractivity contribution in [2.75, 3.05) is 64.4 Å². The molecule has 3 heterocycles. The van der Waals surface area contributed by atoms with Crippen molar-refractivity contribution in [1.82, 2.24) is 14.7 Å². The third-order valence-corrected chi connectivity index (χ3v) is 5.56. The van der Waals surface area contributed by atoms with Gasteiger partial charge in [-0.25, -0.2) is 4.79 Å². The molecule has 0 bridgehead atoms. The van der Waals surface area contributed by atoms with Crippen LogP contribution in [0.25, 0.3) is 0 Å². The van der Waals surface area contributed by atoms with Gasteiger partial charge in [0.2, 0.25) is 0 Å². The van der Waals surface area contributed by atoms with Crippen LogP contribution in [-0.4, -0.2) is 86.1 Å². The van der Waals surface area contributed by atoms with Crippen molar-refractivity contribution in [3.63, 3.8) is 0 Å². The molecule has 0 aliphatic carbocycles. The van der Waals surface area contributed by atoms with E-state index in [0.29, 0.717) is 45.0 Å². The summed E-state index contributed by atoms with van der Waals surface area (Å²) in [6.07, 6.45) is 1.50. The van der Waals surface area contributed by atoms with Gasteiger partial charge in [0.05, 0.1) is 13.4 Å². The van der Waals surface area contributed by atoms with Gasteiger partial charge in [-0.05, 0) is 36.4 Å². The lowest BCUT2D eigenvalue weighted by atomic mass is 10.2. The monoisotopic (exact) mass is 398 g/mol. The fourth-order valence-corrected chi connectivity index (χ4v) is 3.81. The van der Waals surface area contributed by atoms with Crippen molar-refractivity contribution in [2.24, 2.45) is 0 Å². The fourth-order valence-electron chi connectivity index (χ4n) is 3.81. The molecule has 2 fully saturated rings. The quantitative estimate of drug-likeness (QED) is 0.791. The van der Waals surface area contributed by atoms with Crippen LogP contribution in [0.4, 0.5) is 10.5 Å². The van der Waals surface area contributed by atoms with Gasteiger partial charge in [0, 0.05) is 58.0 Å². The van der Waals surface area contributed by atoms with Crippen LogP contribution in [-0.2, 0) is 0 Å². The predicted molar refractivity (Wildman–Crippen MR) is 108 cm³/mol. The number of anilines is 1. The van der Waals surface area contributed by atoms with E-state index in [2.05, 4.69) is 4.90 Å². The van der Waals surface area contributed by atoms with Crippen molar-refractivity contribution in [3.05, 3.63) is 48.4 Å². The molecule has 2 aromatic rings. The number of benzene rings is 1. The number of hydrogen-bond donors (Lipinski definition) is 0. The minimum atomic E-state index is -0.116. The highest BCUT2D eigenvalue weighted by molar-refractivity contribution is 5.91. The van der Waals surface area contributed by atoms with Crippen LogP contribution in [0, 0.1) is 0 Å². The number of hydrogen-bond acceptors (Lipinski definition) is 5. The van der Waals surface area contributed by atoms with E-state index in [4.69, 9.17) is 9.15 Å². The second-order valence-electron chi connectivity index (χ2n) is 7.21. The normalized spacial score (nSPS) is 17.4. The van der Waals surface area contributed by atoms with Gasteiger partial charge in [0.25, 0.3) is 5.91 Å². The summed E-state index contributed by atoms with van der Waals surface area (Å²) in [7, 11) is 1.66. The lowest BCUT2D eigenvalue weighted by Gasteiger charge is -2.41. The number of carbonyl (C=O) groups excluding carboxylic acids is 2. The zero-order valence-corrected chi connectivity index (χ0v) is 16.6. The minimum Gasteiger partial charge on any atom is -0.497 e. The van der Waals surface area contributed by atoms with E-state index >= 15 is 0 Å². The number of nitrogens with zero attached hydrogens (tertiary/aromatic N) is 4. The summed E-state index contributed by atoms with van der Waals surface area (Å²) in [5.74, 6) is 1.07. The van der Waals surface area contributed by atoms with Crippen LogP contribution in [0.1, 0.15) is 10.6 Å². The topological polar surface area (TPSA) is 69.5 Å². The van der Waals surface area contributed by atoms with E-state index in [1.54, 1.807) is 24.1 Å². The molecule has 3 amide bonds. The molecule has 8 nitrogen and oxygen atoms in total. The lowest BCUT2D eigenvalue weighted by molar-refractivity contribution is 0.0608. The van der Waals surface area contributed by atoms with Gasteiger partial charge in [-0.2, -0.15) is 0 Å². The van der Waals surface area contributed by atoms with E-state index in [9.17, 15) is 9.59 Å². The number of piperazine rings is 2. The first-order chi connectivity index (χ1) is 14.2. The molecule has 4 rings (SSSR count). The first-order valence-electron chi connectivity index (χ1n) is 9.91. The van der Waals surface area contributed by atoms with Gasteiger partial charge in [-0.3, -0.25) is 4.79 Å². The Hall–Kier alpha value is -3.16. The molecule has 2 aliphatic rings. The second kappa shape index (κ2) is 8.46. The SMILES string of the molecule is COc1ccc(N2CCN(C(=O)N3CCN(C(=O)c4ccco4)CC3)CC2)cc1. The summed E-state index contributed by atoms with van der Waals surface area (Å²) in [5.41, 5.74) is 1.14. The Morgan fingerprint density at radius 3 is 1.97 bits per heavy atom. The van der Waals surface area contributed by atoms with E-state index in [1.165, 1.54) is 6.26 Å². The molecular formula is C21H26N4O4. The van der Waals surface area contributed by atoms with Gasteiger partial charge in [0.15, 0.2) is 5.76 Å². The van der Waals surface area contributed by atoms with Crippen LogP contribution in [0.5, 0.6) is 5.75 Å². The fraction of sp³-hybridized carbons (Fsp3) is 0.429. The number of methoxy groups -OCH3 is 1. The molecule has 1 aromatic heterocycles. The van der Waals surface area contributed by atoms with Crippen molar-refractivity contribution in [3.8, 4) is 5.75 Å². The van der Waals surface area contributed by atoms with Gasteiger partial charge in [-0.1, -0.05) is 0 Å². The summed E-state index contributed by atoms with van der Waals surface area (Å²) >= 11 is 0. The zero-order valence-electron chi connectivity index (χ0n) is 16.6. The molecule has 0 radical (unpaired) electrons. The first kappa shape index (κ1) is 19.2. The maximum Gasteiger partial charge on any atom is 0.320 e. The summed E-state index contributed by atoms with van der Waals surface area (Å²) in [6, 6.07) is 11.4. The Balaban J connectivity index is 1.26. The molecule has 1 aromatic carbocycles. The Morgan fingerprint density at radius 2 is 1.41 bits per heavy atom. The molecule has 0 saturated carbocycles. The maximum absolute atomic E-state index is 12.9. The zero-order chi connectivity index (χ0) is 20.2. The molecule has 2 aliphatic heterocycles. The number of carbonyl (C=O) groups is 2. The average molecular weight is 398 g/mol. The number of rotatable bonds is 3. The molecule has 154 valence electrons. The van der Waals surface area contributed by atoms with Crippen LogP contribution in [0.3, 0.4) is 0 Å². The summed E-state index contributed by atoms with van der Waals surface area (Å²) in [5, 5.41) is 0. The molecule has 29 heavy (non-hydrogen) atoms. The van der Waals surface area contributed by atoms with Gasteiger partial charge in [-0.15, -0.1) is 0 Å². The molecular weight excluding hydrogens is 372 g/mol. The van der Waals surface area contributed by atoms with E-state index < -0.39 is 0 Å². The van der Waals surface area contributed by atoms with Gasteiger partial charge in [0.1, 0.15) is 5.75 Å². The van der Waals surface area contributed by atoms with Crippen molar-refractivity contribution in [1.29, 1.82) is 0 Å². The van der Waals surface area contributed by atoms with Gasteiger partial charge < -0.3 is 28.8 Å². The average Bonchev–Trinajstić information content (AvgIpc) is 3.33. The summed E-state index contributed by atoms with van der Waals surface area (Å²) in [4.78, 5) is 33.0. The third kappa shape index (κ3) is 4.16. The van der Waals surface area contributed by atoms with Crippen molar-refractivity contribution >= 4 is 17.6 Å². The van der Waals surface area contributed by atoms with E-state index in [0.717, 1.165) is 24.5 Å². The standard InChI is InChI=1S/C21H26N4O4/c1-28-18-6-4-17(5-7-18)22-8-12-24(13-9-22)21(27)25-14-10-23(11-15-25)20(26)19-3-2-16-29-19/h2-7,16H,8-15H2,1H3. The predicted octanol–water partition coefficient (Wildman–Crippen LogP) is 1.99. The lowest BCUT2D eigenvalue weighted by Crippen LogP contribution is -2.57. The summed E-state index contributed by atoms with van der Waals surface area (Å²) < 4.78 is 10.4. The Labute approximate surface area is 170 Å². The first-order valence-corrected chi connectivity index (χ1v) is 9.91. The summed E-state index contributed by atoms with van der Waals surface area (Å²) in [6.45, 7) is 5.12. The highest BCUT2D eigenvalue weighted by atomic mass is 16.5. The van der Waals surface area contributed by atoms with Crippen LogP contribution in [0.2, 0.25) is 0 Å².